The Morgan fingerprint density at radius 1 is 1.12 bits per heavy atom. The molecule has 0 amide bonds. The molecule has 0 spiro atoms. The summed E-state index contributed by atoms with van der Waals surface area (Å²) in [7, 11) is 5.73. The summed E-state index contributed by atoms with van der Waals surface area (Å²) in [6.45, 7) is 2.89. The Bertz CT molecular complexity index is 721. The van der Waals surface area contributed by atoms with Gasteiger partial charge >= 0.3 is 0 Å². The summed E-state index contributed by atoms with van der Waals surface area (Å²) in [4.78, 5) is 2.14. The zero-order chi connectivity index (χ0) is 19.1. The minimum absolute atomic E-state index is 0.266. The van der Waals surface area contributed by atoms with Gasteiger partial charge in [0.25, 0.3) is 0 Å². The van der Waals surface area contributed by atoms with Crippen molar-refractivity contribution in [1.82, 2.24) is 10.2 Å². The van der Waals surface area contributed by atoms with E-state index in [0.29, 0.717) is 21.5 Å². The maximum absolute atomic E-state index is 6.20. The van der Waals surface area contributed by atoms with Gasteiger partial charge in [-0.3, -0.25) is 0 Å². The van der Waals surface area contributed by atoms with Crippen molar-refractivity contribution in [2.75, 3.05) is 34.3 Å². The van der Waals surface area contributed by atoms with Gasteiger partial charge < -0.3 is 19.7 Å². The molecular weight excluding hydrogens is 439 g/mol. The monoisotopic (exact) mass is 460 g/mol. The maximum Gasteiger partial charge on any atom is 0.162 e. The van der Waals surface area contributed by atoms with E-state index in [0.717, 1.165) is 35.2 Å². The van der Waals surface area contributed by atoms with Gasteiger partial charge in [-0.1, -0.05) is 45.2 Å². The van der Waals surface area contributed by atoms with Crippen LogP contribution in [0.1, 0.15) is 11.1 Å². The SMILES string of the molecule is COc1cc(CNCCN(C)C)c(Br)cc1OCc1c(Cl)cccc1Cl. The molecule has 0 atom stereocenters. The van der Waals surface area contributed by atoms with Gasteiger partial charge in [0.05, 0.1) is 7.11 Å². The Morgan fingerprint density at radius 2 is 1.81 bits per heavy atom. The minimum atomic E-state index is 0.266. The highest BCUT2D eigenvalue weighted by Crippen LogP contribution is 2.35. The number of hydrogen-bond donors (Lipinski definition) is 1. The fourth-order valence-corrected chi connectivity index (χ4v) is 3.30. The predicted molar refractivity (Wildman–Crippen MR) is 112 cm³/mol. The van der Waals surface area contributed by atoms with Gasteiger partial charge in [-0.2, -0.15) is 0 Å². The average Bonchev–Trinajstić information content (AvgIpc) is 2.59. The smallest absolute Gasteiger partial charge is 0.162 e. The fraction of sp³-hybridized carbons (Fsp3) is 0.368. The first-order chi connectivity index (χ1) is 12.4. The lowest BCUT2D eigenvalue weighted by molar-refractivity contribution is 0.284. The number of methoxy groups -OCH3 is 1. The van der Waals surface area contributed by atoms with Gasteiger partial charge in [-0.15, -0.1) is 0 Å². The predicted octanol–water partition coefficient (Wildman–Crippen LogP) is 4.99. The van der Waals surface area contributed by atoms with Gasteiger partial charge in [0.15, 0.2) is 11.5 Å². The van der Waals surface area contributed by atoms with Crippen LogP contribution in [0.4, 0.5) is 0 Å². The number of hydrogen-bond acceptors (Lipinski definition) is 4. The Balaban J connectivity index is 2.08. The van der Waals surface area contributed by atoms with E-state index in [2.05, 4.69) is 40.2 Å². The third-order valence-electron chi connectivity index (χ3n) is 3.82. The van der Waals surface area contributed by atoms with Gasteiger partial charge in [0.1, 0.15) is 6.61 Å². The van der Waals surface area contributed by atoms with Crippen LogP contribution in [0.2, 0.25) is 10.0 Å². The van der Waals surface area contributed by atoms with Crippen molar-refractivity contribution in [3.05, 3.63) is 56.0 Å². The van der Waals surface area contributed by atoms with Crippen molar-refractivity contribution in [3.63, 3.8) is 0 Å². The molecule has 1 N–H and O–H groups in total. The number of halogens is 3. The Labute approximate surface area is 173 Å². The van der Waals surface area contributed by atoms with Crippen LogP contribution in [0, 0.1) is 0 Å². The van der Waals surface area contributed by atoms with Crippen LogP contribution in [-0.2, 0) is 13.2 Å². The van der Waals surface area contributed by atoms with Crippen LogP contribution in [-0.4, -0.2) is 39.2 Å². The number of likely N-dealkylation sites (N-methyl/N-ethyl adjacent to an activating group) is 1. The number of nitrogens with one attached hydrogen (secondary N) is 1. The summed E-state index contributed by atoms with van der Waals surface area (Å²) < 4.78 is 12.4. The van der Waals surface area contributed by atoms with Gasteiger partial charge in [0.2, 0.25) is 0 Å². The summed E-state index contributed by atoms with van der Waals surface area (Å²) in [6, 6.07) is 9.27. The van der Waals surface area contributed by atoms with Gasteiger partial charge in [-0.05, 0) is 43.9 Å². The summed E-state index contributed by atoms with van der Waals surface area (Å²) >= 11 is 16.0. The van der Waals surface area contributed by atoms with Crippen molar-refractivity contribution < 1.29 is 9.47 Å². The molecule has 0 bridgehead atoms. The molecule has 2 rings (SSSR count). The maximum atomic E-state index is 6.20. The van der Waals surface area contributed by atoms with Crippen LogP contribution in [0.5, 0.6) is 11.5 Å². The molecule has 2 aromatic carbocycles. The van der Waals surface area contributed by atoms with E-state index in [4.69, 9.17) is 32.7 Å². The molecule has 142 valence electrons. The van der Waals surface area contributed by atoms with E-state index in [1.807, 2.05) is 18.2 Å². The highest BCUT2D eigenvalue weighted by atomic mass is 79.9. The van der Waals surface area contributed by atoms with Crippen molar-refractivity contribution in [2.45, 2.75) is 13.2 Å². The van der Waals surface area contributed by atoms with Gasteiger partial charge in [0, 0.05) is 39.7 Å². The topological polar surface area (TPSA) is 33.7 Å². The number of rotatable bonds is 9. The summed E-state index contributed by atoms with van der Waals surface area (Å²) in [6.07, 6.45) is 0. The molecule has 0 radical (unpaired) electrons. The number of benzene rings is 2. The quantitative estimate of drug-likeness (QED) is 0.533. The highest BCUT2D eigenvalue weighted by Gasteiger charge is 2.12. The second-order valence-corrected chi connectivity index (χ2v) is 7.73. The molecule has 0 unspecified atom stereocenters. The molecule has 26 heavy (non-hydrogen) atoms. The summed E-state index contributed by atoms with van der Waals surface area (Å²) in [5, 5.41) is 4.58. The first kappa shape index (κ1) is 21.3. The lowest BCUT2D eigenvalue weighted by Crippen LogP contribution is -2.26. The van der Waals surface area contributed by atoms with E-state index >= 15 is 0 Å². The van der Waals surface area contributed by atoms with E-state index in [-0.39, 0.29) is 6.61 Å². The number of ether oxygens (including phenoxy) is 2. The number of nitrogens with zero attached hydrogens (tertiary/aromatic N) is 1. The normalized spacial score (nSPS) is 11.0. The van der Waals surface area contributed by atoms with Crippen LogP contribution >= 0.6 is 39.1 Å². The Hall–Kier alpha value is -0.980. The average molecular weight is 462 g/mol. The van der Waals surface area contributed by atoms with Crippen LogP contribution < -0.4 is 14.8 Å². The second kappa shape index (κ2) is 10.4. The molecule has 0 fully saturated rings. The van der Waals surface area contributed by atoms with Crippen molar-refractivity contribution in [3.8, 4) is 11.5 Å². The summed E-state index contributed by atoms with van der Waals surface area (Å²) in [5.41, 5.74) is 1.85. The van der Waals surface area contributed by atoms with Crippen molar-refractivity contribution >= 4 is 39.1 Å². The van der Waals surface area contributed by atoms with Crippen molar-refractivity contribution in [2.24, 2.45) is 0 Å². The third kappa shape index (κ3) is 6.03. The lowest BCUT2D eigenvalue weighted by Gasteiger charge is -2.16. The summed E-state index contributed by atoms with van der Waals surface area (Å²) in [5.74, 6) is 1.30. The van der Waals surface area contributed by atoms with Crippen LogP contribution in [0.15, 0.2) is 34.8 Å². The molecule has 0 heterocycles. The minimum Gasteiger partial charge on any atom is -0.493 e. The Kier molecular flexibility index (Phi) is 8.51. The molecule has 4 nitrogen and oxygen atoms in total. The van der Waals surface area contributed by atoms with E-state index in [9.17, 15) is 0 Å². The Morgan fingerprint density at radius 3 is 2.42 bits per heavy atom. The molecular formula is C19H23BrCl2N2O2. The zero-order valence-corrected chi connectivity index (χ0v) is 18.2. The molecule has 2 aromatic rings. The standard InChI is InChI=1S/C19H23BrCl2N2O2/c1-24(2)8-7-23-11-13-9-18(25-3)19(10-15(13)20)26-12-14-16(21)5-4-6-17(14)22/h4-6,9-10,23H,7-8,11-12H2,1-3H3. The molecule has 0 aliphatic rings. The zero-order valence-electron chi connectivity index (χ0n) is 15.1. The molecule has 7 heteroatoms. The van der Waals surface area contributed by atoms with Crippen LogP contribution in [0.25, 0.3) is 0 Å². The van der Waals surface area contributed by atoms with Crippen LogP contribution in [0.3, 0.4) is 0 Å². The van der Waals surface area contributed by atoms with E-state index < -0.39 is 0 Å². The van der Waals surface area contributed by atoms with Crippen molar-refractivity contribution in [1.29, 1.82) is 0 Å². The van der Waals surface area contributed by atoms with Gasteiger partial charge in [-0.25, -0.2) is 0 Å². The highest BCUT2D eigenvalue weighted by molar-refractivity contribution is 9.10. The third-order valence-corrected chi connectivity index (χ3v) is 5.26. The first-order valence-corrected chi connectivity index (χ1v) is 9.74. The molecule has 0 saturated carbocycles. The van der Waals surface area contributed by atoms with E-state index in [1.165, 1.54) is 0 Å². The molecule has 0 aliphatic carbocycles. The lowest BCUT2D eigenvalue weighted by atomic mass is 10.2. The fourth-order valence-electron chi connectivity index (χ4n) is 2.33. The molecule has 0 aromatic heterocycles. The molecule has 0 saturated heterocycles. The van der Waals surface area contributed by atoms with E-state index in [1.54, 1.807) is 19.2 Å². The molecule has 0 aliphatic heterocycles. The second-order valence-electron chi connectivity index (χ2n) is 6.06. The largest absolute Gasteiger partial charge is 0.493 e. The first-order valence-electron chi connectivity index (χ1n) is 8.20.